The summed E-state index contributed by atoms with van der Waals surface area (Å²) in [5.74, 6) is -0.707. The van der Waals surface area contributed by atoms with Crippen LogP contribution in [0.15, 0.2) is 91.0 Å². The van der Waals surface area contributed by atoms with Gasteiger partial charge in [-0.3, -0.25) is 4.79 Å². The Bertz CT molecular complexity index is 1040. The monoisotopic (exact) mass is 428 g/mol. The number of carbonyl (C=O) groups excluding carboxylic acids is 2. The van der Waals surface area contributed by atoms with Crippen LogP contribution in [0.25, 0.3) is 0 Å². The summed E-state index contributed by atoms with van der Waals surface area (Å²) in [6, 6.07) is 28.9. The zero-order valence-electron chi connectivity index (χ0n) is 18.3. The van der Waals surface area contributed by atoms with Gasteiger partial charge in [-0.15, -0.1) is 0 Å². The Balaban J connectivity index is 1.55. The molecule has 4 atom stereocenters. The molecule has 0 aromatic heterocycles. The highest BCUT2D eigenvalue weighted by molar-refractivity contribution is 5.95. The van der Waals surface area contributed by atoms with Crippen molar-refractivity contribution in [3.8, 4) is 0 Å². The number of cyclic esters (lactones) is 1. The number of ether oxygens (including phenoxy) is 1. The number of benzene rings is 3. The first-order chi connectivity index (χ1) is 15.6. The molecule has 1 fully saturated rings. The maximum absolute atomic E-state index is 13.6. The Morgan fingerprint density at radius 2 is 1.50 bits per heavy atom. The molecule has 2 amide bonds. The van der Waals surface area contributed by atoms with Crippen LogP contribution in [0.4, 0.5) is 4.79 Å². The van der Waals surface area contributed by atoms with Crippen molar-refractivity contribution in [1.29, 1.82) is 0 Å². The second-order valence-electron chi connectivity index (χ2n) is 8.21. The number of rotatable bonds is 7. The summed E-state index contributed by atoms with van der Waals surface area (Å²) in [6.45, 7) is 4.35. The minimum Gasteiger partial charge on any atom is -0.439 e. The maximum atomic E-state index is 13.6. The summed E-state index contributed by atoms with van der Waals surface area (Å²) in [5, 5.41) is 3.53. The summed E-state index contributed by atoms with van der Waals surface area (Å²) in [4.78, 5) is 27.5. The summed E-state index contributed by atoms with van der Waals surface area (Å²) in [7, 11) is 0. The van der Waals surface area contributed by atoms with E-state index < -0.39 is 18.1 Å². The Hall–Kier alpha value is -3.44. The number of nitrogens with zero attached hydrogens (tertiary/aromatic N) is 1. The lowest BCUT2D eigenvalue weighted by molar-refractivity contribution is -0.133. The van der Waals surface area contributed by atoms with Gasteiger partial charge in [0.25, 0.3) is 0 Å². The van der Waals surface area contributed by atoms with Gasteiger partial charge in [-0.25, -0.2) is 9.69 Å². The quantitative estimate of drug-likeness (QED) is 0.558. The normalized spacial score (nSPS) is 19.9. The first-order valence-corrected chi connectivity index (χ1v) is 11.0. The van der Waals surface area contributed by atoms with E-state index in [4.69, 9.17) is 4.74 Å². The third kappa shape index (κ3) is 4.58. The zero-order valence-corrected chi connectivity index (χ0v) is 18.3. The van der Waals surface area contributed by atoms with Gasteiger partial charge in [0, 0.05) is 12.6 Å². The smallest absolute Gasteiger partial charge is 0.417 e. The number of hydrogen-bond donors (Lipinski definition) is 1. The van der Waals surface area contributed by atoms with E-state index >= 15 is 0 Å². The van der Waals surface area contributed by atoms with Gasteiger partial charge in [0.05, 0.1) is 12.0 Å². The van der Waals surface area contributed by atoms with Crippen molar-refractivity contribution in [3.63, 3.8) is 0 Å². The van der Waals surface area contributed by atoms with Crippen molar-refractivity contribution in [2.45, 2.75) is 38.6 Å². The van der Waals surface area contributed by atoms with Crippen LogP contribution < -0.4 is 5.32 Å². The maximum Gasteiger partial charge on any atom is 0.417 e. The van der Waals surface area contributed by atoms with Crippen LogP contribution in [0.5, 0.6) is 0 Å². The third-order valence-corrected chi connectivity index (χ3v) is 6.05. The molecule has 3 aromatic carbocycles. The molecular formula is C27H28N2O3. The molecule has 1 saturated heterocycles. The molecule has 5 nitrogen and oxygen atoms in total. The number of carbonyl (C=O) groups is 2. The van der Waals surface area contributed by atoms with Crippen molar-refractivity contribution >= 4 is 12.0 Å². The van der Waals surface area contributed by atoms with Gasteiger partial charge in [0.15, 0.2) is 0 Å². The van der Waals surface area contributed by atoms with Crippen molar-refractivity contribution in [2.24, 2.45) is 5.92 Å². The van der Waals surface area contributed by atoms with Crippen molar-refractivity contribution < 1.29 is 14.3 Å². The Labute approximate surface area is 189 Å². The molecule has 4 rings (SSSR count). The van der Waals surface area contributed by atoms with Crippen LogP contribution in [0, 0.1) is 5.92 Å². The van der Waals surface area contributed by atoms with E-state index in [9.17, 15) is 9.59 Å². The average molecular weight is 429 g/mol. The molecule has 0 saturated carbocycles. The standard InChI is InChI=1S/C27H28N2O3/c1-19(24(22-14-8-4-9-15-22)28-18-21-12-6-3-7-13-21)26(30)29-20(2)25(32-27(29)31)23-16-10-5-11-17-23/h3-17,19-20,24-25,28H,18H2,1-2H3/t19-,20+,24+,25+/m0/s1. The molecule has 0 spiro atoms. The number of nitrogens with one attached hydrogen (secondary N) is 1. The van der Waals surface area contributed by atoms with E-state index in [1.165, 1.54) is 4.90 Å². The molecule has 0 radical (unpaired) electrons. The molecule has 1 heterocycles. The lowest BCUT2D eigenvalue weighted by atomic mass is 9.92. The summed E-state index contributed by atoms with van der Waals surface area (Å²) < 4.78 is 5.60. The lowest BCUT2D eigenvalue weighted by Crippen LogP contribution is -2.44. The van der Waals surface area contributed by atoms with Crippen molar-refractivity contribution in [1.82, 2.24) is 10.2 Å². The van der Waals surface area contributed by atoms with Gasteiger partial charge in [0.1, 0.15) is 6.10 Å². The first-order valence-electron chi connectivity index (χ1n) is 11.0. The van der Waals surface area contributed by atoms with Gasteiger partial charge >= 0.3 is 6.09 Å². The largest absolute Gasteiger partial charge is 0.439 e. The Morgan fingerprint density at radius 3 is 2.12 bits per heavy atom. The molecule has 1 N–H and O–H groups in total. The summed E-state index contributed by atoms with van der Waals surface area (Å²) in [5.41, 5.74) is 3.02. The minimum atomic E-state index is -0.585. The van der Waals surface area contributed by atoms with Gasteiger partial charge < -0.3 is 10.1 Å². The number of imide groups is 1. The second-order valence-corrected chi connectivity index (χ2v) is 8.21. The predicted molar refractivity (Wildman–Crippen MR) is 124 cm³/mol. The van der Waals surface area contributed by atoms with Crippen molar-refractivity contribution in [3.05, 3.63) is 108 Å². The molecule has 5 heteroatoms. The van der Waals surface area contributed by atoms with E-state index in [2.05, 4.69) is 5.32 Å². The molecule has 0 aliphatic carbocycles. The number of amides is 2. The molecule has 0 bridgehead atoms. The first kappa shape index (κ1) is 21.8. The van der Waals surface area contributed by atoms with E-state index in [-0.39, 0.29) is 18.0 Å². The lowest BCUT2D eigenvalue weighted by Gasteiger charge is -2.29. The second kappa shape index (κ2) is 9.79. The fourth-order valence-electron chi connectivity index (χ4n) is 4.27. The van der Waals surface area contributed by atoms with E-state index in [1.54, 1.807) is 0 Å². The van der Waals surface area contributed by atoms with Crippen LogP contribution >= 0.6 is 0 Å². The van der Waals surface area contributed by atoms with E-state index in [0.717, 1.165) is 16.7 Å². The molecule has 32 heavy (non-hydrogen) atoms. The van der Waals surface area contributed by atoms with Gasteiger partial charge in [0.2, 0.25) is 5.91 Å². The van der Waals surface area contributed by atoms with E-state index in [1.807, 2.05) is 105 Å². The zero-order chi connectivity index (χ0) is 22.5. The summed E-state index contributed by atoms with van der Waals surface area (Å²) >= 11 is 0. The predicted octanol–water partition coefficient (Wildman–Crippen LogP) is 5.26. The fraction of sp³-hybridized carbons (Fsp3) is 0.259. The molecular weight excluding hydrogens is 400 g/mol. The van der Waals surface area contributed by atoms with Crippen molar-refractivity contribution in [2.75, 3.05) is 0 Å². The Kier molecular flexibility index (Phi) is 6.66. The summed E-state index contributed by atoms with van der Waals surface area (Å²) in [6.07, 6.45) is -1.05. The van der Waals surface area contributed by atoms with Gasteiger partial charge in [-0.1, -0.05) is 97.9 Å². The van der Waals surface area contributed by atoms with Crippen LogP contribution in [0.2, 0.25) is 0 Å². The minimum absolute atomic E-state index is 0.240. The SMILES string of the molecule is C[C@H](C(=O)N1C(=O)O[C@@H](c2ccccc2)[C@H]1C)[C@@H](NCc1ccccc1)c1ccccc1. The highest BCUT2D eigenvalue weighted by Gasteiger charge is 2.45. The third-order valence-electron chi connectivity index (χ3n) is 6.05. The fourth-order valence-corrected chi connectivity index (χ4v) is 4.27. The van der Waals surface area contributed by atoms with E-state index in [0.29, 0.717) is 6.54 Å². The van der Waals surface area contributed by atoms with Gasteiger partial charge in [-0.05, 0) is 23.6 Å². The van der Waals surface area contributed by atoms with Crippen LogP contribution in [-0.4, -0.2) is 22.9 Å². The van der Waals surface area contributed by atoms with Crippen LogP contribution in [0.1, 0.15) is 42.7 Å². The molecule has 0 unspecified atom stereocenters. The van der Waals surface area contributed by atoms with Gasteiger partial charge in [-0.2, -0.15) is 0 Å². The molecule has 1 aliphatic rings. The average Bonchev–Trinajstić information content (AvgIpc) is 3.14. The topological polar surface area (TPSA) is 58.6 Å². The molecule has 1 aliphatic heterocycles. The van der Waals surface area contributed by atoms with Crippen LogP contribution in [-0.2, 0) is 16.1 Å². The number of hydrogen-bond acceptors (Lipinski definition) is 4. The molecule has 3 aromatic rings. The highest BCUT2D eigenvalue weighted by atomic mass is 16.6. The highest BCUT2D eigenvalue weighted by Crippen LogP contribution is 2.35. The molecule has 164 valence electrons. The Morgan fingerprint density at radius 1 is 0.938 bits per heavy atom. The van der Waals surface area contributed by atoms with Crippen LogP contribution in [0.3, 0.4) is 0 Å².